The summed E-state index contributed by atoms with van der Waals surface area (Å²) in [5.74, 6) is 2.64. The molecule has 0 fully saturated rings. The average Bonchev–Trinajstić information content (AvgIpc) is 2.14. The van der Waals surface area contributed by atoms with Crippen LogP contribution in [0.1, 0.15) is 52.8 Å². The zero-order chi connectivity index (χ0) is 13.0. The summed E-state index contributed by atoms with van der Waals surface area (Å²) in [4.78, 5) is 8.56. The smallest absolute Gasteiger partial charge is 0.218 e. The molecule has 2 N–H and O–H groups in total. The zero-order valence-corrected chi connectivity index (χ0v) is 11.4. The van der Waals surface area contributed by atoms with Crippen LogP contribution >= 0.6 is 0 Å². The summed E-state index contributed by atoms with van der Waals surface area (Å²) in [6, 6.07) is 1.68. The summed E-state index contributed by atoms with van der Waals surface area (Å²) < 4.78 is 5.77. The van der Waals surface area contributed by atoms with Crippen molar-refractivity contribution < 1.29 is 4.74 Å². The number of anilines is 1. The van der Waals surface area contributed by atoms with Gasteiger partial charge < -0.3 is 10.5 Å². The van der Waals surface area contributed by atoms with Crippen molar-refractivity contribution in [2.45, 2.75) is 53.1 Å². The van der Waals surface area contributed by atoms with Crippen LogP contribution in [0.15, 0.2) is 6.07 Å². The van der Waals surface area contributed by atoms with E-state index in [4.69, 9.17) is 10.5 Å². The van der Waals surface area contributed by atoms with E-state index in [-0.39, 0.29) is 12.0 Å². The maximum atomic E-state index is 5.77. The Morgan fingerprint density at radius 3 is 2.35 bits per heavy atom. The number of hydrogen-bond acceptors (Lipinski definition) is 4. The highest BCUT2D eigenvalue weighted by Gasteiger charge is 2.11. The van der Waals surface area contributed by atoms with Gasteiger partial charge in [-0.2, -0.15) is 4.98 Å². The Balaban J connectivity index is 2.77. The molecule has 1 aromatic rings. The first-order valence-corrected chi connectivity index (χ1v) is 6.19. The topological polar surface area (TPSA) is 61.0 Å². The number of hydrogen-bond donors (Lipinski definition) is 1. The number of nitrogens with zero attached hydrogens (tertiary/aromatic N) is 2. The Morgan fingerprint density at radius 2 is 1.82 bits per heavy atom. The maximum Gasteiger partial charge on any atom is 0.218 e. The lowest BCUT2D eigenvalue weighted by molar-refractivity contribution is 0.185. The molecule has 1 atom stereocenters. The van der Waals surface area contributed by atoms with Gasteiger partial charge >= 0.3 is 0 Å². The van der Waals surface area contributed by atoms with Crippen LogP contribution in [0, 0.1) is 5.92 Å². The molecular weight excluding hydrogens is 214 g/mol. The van der Waals surface area contributed by atoms with Crippen molar-refractivity contribution in [1.29, 1.82) is 0 Å². The molecule has 0 aliphatic heterocycles. The highest BCUT2D eigenvalue weighted by atomic mass is 16.5. The molecule has 4 heteroatoms. The fourth-order valence-electron chi connectivity index (χ4n) is 1.70. The number of ether oxygens (including phenoxy) is 1. The van der Waals surface area contributed by atoms with Crippen LogP contribution in [-0.2, 0) is 0 Å². The second-order valence-electron chi connectivity index (χ2n) is 5.20. The van der Waals surface area contributed by atoms with Crippen molar-refractivity contribution in [1.82, 2.24) is 9.97 Å². The van der Waals surface area contributed by atoms with Crippen molar-refractivity contribution >= 4 is 5.82 Å². The molecule has 17 heavy (non-hydrogen) atoms. The van der Waals surface area contributed by atoms with Crippen molar-refractivity contribution in [2.75, 3.05) is 5.73 Å². The van der Waals surface area contributed by atoms with Crippen molar-refractivity contribution in [3.63, 3.8) is 0 Å². The SMILES string of the molecule is CC(C)CC(C)Oc1cc(N)nc(C(C)C)n1. The van der Waals surface area contributed by atoms with Gasteiger partial charge in [-0.05, 0) is 19.3 Å². The van der Waals surface area contributed by atoms with Crippen LogP contribution in [0.5, 0.6) is 5.88 Å². The molecule has 4 nitrogen and oxygen atoms in total. The summed E-state index contributed by atoms with van der Waals surface area (Å²) in [6.45, 7) is 10.5. The van der Waals surface area contributed by atoms with Gasteiger partial charge in [0.1, 0.15) is 11.6 Å². The van der Waals surface area contributed by atoms with E-state index in [9.17, 15) is 0 Å². The van der Waals surface area contributed by atoms with E-state index >= 15 is 0 Å². The Hall–Kier alpha value is -1.32. The van der Waals surface area contributed by atoms with Crippen molar-refractivity contribution in [3.8, 4) is 5.88 Å². The first kappa shape index (κ1) is 13.7. The zero-order valence-electron chi connectivity index (χ0n) is 11.4. The molecule has 0 amide bonds. The molecule has 0 aliphatic rings. The minimum atomic E-state index is 0.143. The van der Waals surface area contributed by atoms with Crippen molar-refractivity contribution in [2.24, 2.45) is 5.92 Å². The number of nitrogen functional groups attached to an aromatic ring is 1. The third-order valence-electron chi connectivity index (χ3n) is 2.38. The van der Waals surface area contributed by atoms with Gasteiger partial charge in [-0.1, -0.05) is 27.7 Å². The third-order valence-corrected chi connectivity index (χ3v) is 2.38. The normalized spacial score (nSPS) is 13.1. The van der Waals surface area contributed by atoms with Crippen LogP contribution in [0.3, 0.4) is 0 Å². The molecule has 96 valence electrons. The molecule has 0 radical (unpaired) electrons. The van der Waals surface area contributed by atoms with Gasteiger partial charge in [-0.3, -0.25) is 0 Å². The Labute approximate surface area is 104 Å². The van der Waals surface area contributed by atoms with Crippen LogP contribution in [0.4, 0.5) is 5.82 Å². The summed E-state index contributed by atoms with van der Waals surface area (Å²) in [5.41, 5.74) is 5.74. The van der Waals surface area contributed by atoms with E-state index in [0.29, 0.717) is 17.6 Å². The highest BCUT2D eigenvalue weighted by Crippen LogP contribution is 2.19. The Morgan fingerprint density at radius 1 is 1.18 bits per heavy atom. The van der Waals surface area contributed by atoms with E-state index in [2.05, 4.69) is 23.8 Å². The number of rotatable bonds is 5. The summed E-state index contributed by atoms with van der Waals surface area (Å²) >= 11 is 0. The van der Waals surface area contributed by atoms with Crippen LogP contribution < -0.4 is 10.5 Å². The van der Waals surface area contributed by atoms with Gasteiger partial charge in [0.05, 0.1) is 6.10 Å². The molecule has 0 aliphatic carbocycles. The minimum Gasteiger partial charge on any atom is -0.474 e. The maximum absolute atomic E-state index is 5.77. The molecule has 0 saturated carbocycles. The summed E-state index contributed by atoms with van der Waals surface area (Å²) in [7, 11) is 0. The van der Waals surface area contributed by atoms with Crippen LogP contribution in [-0.4, -0.2) is 16.1 Å². The lowest BCUT2D eigenvalue weighted by Crippen LogP contribution is -2.16. The van der Waals surface area contributed by atoms with Crippen LogP contribution in [0.2, 0.25) is 0 Å². The lowest BCUT2D eigenvalue weighted by atomic mass is 10.1. The van der Waals surface area contributed by atoms with E-state index in [1.807, 2.05) is 20.8 Å². The standard InChI is InChI=1S/C13H23N3O/c1-8(2)6-10(5)17-12-7-11(14)15-13(16-12)9(3)4/h7-10H,6H2,1-5H3,(H2,14,15,16). The van der Waals surface area contributed by atoms with E-state index in [0.717, 1.165) is 12.2 Å². The van der Waals surface area contributed by atoms with Gasteiger partial charge in [-0.25, -0.2) is 4.98 Å². The number of nitrogens with two attached hydrogens (primary N) is 1. The summed E-state index contributed by atoms with van der Waals surface area (Å²) in [5, 5.41) is 0. The molecule has 0 bridgehead atoms. The lowest BCUT2D eigenvalue weighted by Gasteiger charge is -2.16. The van der Waals surface area contributed by atoms with E-state index in [1.165, 1.54) is 0 Å². The van der Waals surface area contributed by atoms with Crippen molar-refractivity contribution in [3.05, 3.63) is 11.9 Å². The quantitative estimate of drug-likeness (QED) is 0.855. The molecule has 0 spiro atoms. The van der Waals surface area contributed by atoms with Gasteiger partial charge in [0, 0.05) is 12.0 Å². The molecule has 0 saturated heterocycles. The van der Waals surface area contributed by atoms with Gasteiger partial charge in [0.15, 0.2) is 0 Å². The molecule has 1 heterocycles. The average molecular weight is 237 g/mol. The fraction of sp³-hybridized carbons (Fsp3) is 0.692. The fourth-order valence-corrected chi connectivity index (χ4v) is 1.70. The second kappa shape index (κ2) is 5.84. The van der Waals surface area contributed by atoms with Gasteiger partial charge in [0.2, 0.25) is 5.88 Å². The predicted molar refractivity (Wildman–Crippen MR) is 70.1 cm³/mol. The van der Waals surface area contributed by atoms with E-state index in [1.54, 1.807) is 6.07 Å². The molecule has 0 aromatic carbocycles. The second-order valence-corrected chi connectivity index (χ2v) is 5.20. The largest absolute Gasteiger partial charge is 0.474 e. The molecule has 1 rings (SSSR count). The van der Waals surface area contributed by atoms with Gasteiger partial charge in [-0.15, -0.1) is 0 Å². The summed E-state index contributed by atoms with van der Waals surface area (Å²) in [6.07, 6.45) is 1.14. The highest BCUT2D eigenvalue weighted by molar-refractivity contribution is 5.33. The van der Waals surface area contributed by atoms with E-state index < -0.39 is 0 Å². The minimum absolute atomic E-state index is 0.143. The Kier molecular flexibility index (Phi) is 4.73. The molecule has 1 unspecified atom stereocenters. The van der Waals surface area contributed by atoms with Gasteiger partial charge in [0.25, 0.3) is 0 Å². The molecule has 1 aromatic heterocycles. The predicted octanol–water partition coefficient (Wildman–Crippen LogP) is 3.00. The Bertz CT molecular complexity index is 364. The monoisotopic (exact) mass is 237 g/mol. The first-order valence-electron chi connectivity index (χ1n) is 6.19. The van der Waals surface area contributed by atoms with Crippen LogP contribution in [0.25, 0.3) is 0 Å². The third kappa shape index (κ3) is 4.59. The first-order chi connectivity index (χ1) is 7.88. The number of aromatic nitrogens is 2. The molecular formula is C13H23N3O.